The lowest BCUT2D eigenvalue weighted by molar-refractivity contribution is 0.616. The number of anilines is 1. The van der Waals surface area contributed by atoms with Crippen LogP contribution in [0.2, 0.25) is 5.02 Å². The second-order valence-corrected chi connectivity index (χ2v) is 9.28. The smallest absolute Gasteiger partial charge is 0.282 e. The van der Waals surface area contributed by atoms with Crippen molar-refractivity contribution in [2.75, 3.05) is 18.0 Å². The fourth-order valence-electron chi connectivity index (χ4n) is 4.71. The minimum Gasteiger partial charge on any atom is -0.453 e. The van der Waals surface area contributed by atoms with Crippen LogP contribution in [0, 0.1) is 6.92 Å². The summed E-state index contributed by atoms with van der Waals surface area (Å²) in [6.07, 6.45) is 4.16. The van der Waals surface area contributed by atoms with Crippen LogP contribution in [0.1, 0.15) is 24.0 Å². The van der Waals surface area contributed by atoms with Crippen LogP contribution < -0.4 is 10.5 Å². The lowest BCUT2D eigenvalue weighted by Crippen LogP contribution is -2.20. The summed E-state index contributed by atoms with van der Waals surface area (Å²) in [5.41, 5.74) is 4.34. The van der Waals surface area contributed by atoms with Gasteiger partial charge in [-0.05, 0) is 79.4 Å². The number of halogens is 1. The van der Waals surface area contributed by atoms with Crippen molar-refractivity contribution >= 4 is 45.4 Å². The number of aromatic nitrogens is 2. The van der Waals surface area contributed by atoms with Gasteiger partial charge in [0, 0.05) is 29.2 Å². The van der Waals surface area contributed by atoms with E-state index in [1.165, 1.54) is 28.8 Å². The average Bonchev–Trinajstić information content (AvgIpc) is 3.53. The lowest BCUT2D eigenvalue weighted by atomic mass is 10.1. The van der Waals surface area contributed by atoms with Crippen LogP contribution in [-0.4, -0.2) is 29.0 Å². The summed E-state index contributed by atoms with van der Waals surface area (Å²) in [5.74, 6) is 0.783. The molecule has 0 saturated carbocycles. The Morgan fingerprint density at radius 1 is 1.03 bits per heavy atom. The summed E-state index contributed by atoms with van der Waals surface area (Å²) in [5, 5.41) is 6.51. The van der Waals surface area contributed by atoms with Crippen LogP contribution in [0.15, 0.2) is 81.0 Å². The molecule has 0 aliphatic carbocycles. The summed E-state index contributed by atoms with van der Waals surface area (Å²) in [6.45, 7) is 4.30. The Hall–Kier alpha value is -3.90. The molecule has 0 unspecified atom stereocenters. The van der Waals surface area contributed by atoms with E-state index in [2.05, 4.69) is 29.1 Å². The first-order valence-electron chi connectivity index (χ1n) is 11.7. The quantitative estimate of drug-likeness (QED) is 0.284. The third kappa shape index (κ3) is 4.00. The minimum atomic E-state index is -0.259. The van der Waals surface area contributed by atoms with Crippen molar-refractivity contribution in [2.24, 2.45) is 5.10 Å². The highest BCUT2D eigenvalue weighted by Gasteiger charge is 2.17. The Morgan fingerprint density at radius 2 is 1.86 bits per heavy atom. The summed E-state index contributed by atoms with van der Waals surface area (Å²) in [6, 6.07) is 20.7. The van der Waals surface area contributed by atoms with E-state index in [1.807, 2.05) is 36.4 Å². The first-order chi connectivity index (χ1) is 17.1. The second kappa shape index (κ2) is 8.71. The molecule has 0 bridgehead atoms. The van der Waals surface area contributed by atoms with Crippen molar-refractivity contribution in [1.29, 1.82) is 0 Å². The maximum atomic E-state index is 13.4. The Labute approximate surface area is 207 Å². The predicted octanol–water partition coefficient (Wildman–Crippen LogP) is 6.25. The molecule has 5 aromatic rings. The third-order valence-corrected chi connectivity index (χ3v) is 6.68. The molecule has 0 atom stereocenters. The fraction of sp³-hybridized carbons (Fsp3) is 0.179. The van der Waals surface area contributed by atoms with Gasteiger partial charge in [-0.15, -0.1) is 0 Å². The summed E-state index contributed by atoms with van der Waals surface area (Å²) < 4.78 is 7.35. The molecule has 3 aromatic carbocycles. The van der Waals surface area contributed by atoms with Crippen LogP contribution in [0.4, 0.5) is 5.69 Å². The molecule has 3 heterocycles. The van der Waals surface area contributed by atoms with E-state index in [1.54, 1.807) is 24.4 Å². The number of rotatable bonds is 4. The molecular formula is C28H23ClN4O2. The van der Waals surface area contributed by atoms with E-state index < -0.39 is 0 Å². The molecule has 1 saturated heterocycles. The van der Waals surface area contributed by atoms with Crippen molar-refractivity contribution in [3.05, 3.63) is 93.2 Å². The van der Waals surface area contributed by atoms with E-state index in [4.69, 9.17) is 21.0 Å². The van der Waals surface area contributed by atoms with Gasteiger partial charge in [0.1, 0.15) is 5.58 Å². The third-order valence-electron chi connectivity index (χ3n) is 6.44. The second-order valence-electron chi connectivity index (χ2n) is 8.85. The van der Waals surface area contributed by atoms with Crippen LogP contribution in [0.5, 0.6) is 0 Å². The number of para-hydroxylation sites is 1. The minimum absolute atomic E-state index is 0.259. The van der Waals surface area contributed by atoms with Gasteiger partial charge in [-0.25, -0.2) is 4.98 Å². The highest BCUT2D eigenvalue weighted by molar-refractivity contribution is 6.31. The highest BCUT2D eigenvalue weighted by atomic mass is 35.5. The molecule has 0 amide bonds. The standard InChI is InChI=1S/C28H23ClN4O2/c1-18-14-19(8-10-24(18)32-12-4-5-13-32)17-30-33-27(31-23-7-3-2-6-22(23)28(33)34)26-16-20-15-21(29)9-11-25(20)35-26/h2-3,6-11,14-17H,4-5,12-13H2,1H3. The van der Waals surface area contributed by atoms with E-state index in [-0.39, 0.29) is 5.56 Å². The first kappa shape index (κ1) is 21.6. The van der Waals surface area contributed by atoms with E-state index >= 15 is 0 Å². The van der Waals surface area contributed by atoms with Gasteiger partial charge in [0.05, 0.1) is 17.1 Å². The SMILES string of the molecule is Cc1cc(C=Nn2c(-c3cc4cc(Cl)ccc4o3)nc3ccccc3c2=O)ccc1N1CCCC1. The van der Waals surface area contributed by atoms with Gasteiger partial charge >= 0.3 is 0 Å². The lowest BCUT2D eigenvalue weighted by Gasteiger charge is -2.20. The monoisotopic (exact) mass is 482 g/mol. The molecule has 174 valence electrons. The molecule has 1 fully saturated rings. The van der Waals surface area contributed by atoms with Gasteiger partial charge in [0.15, 0.2) is 5.76 Å². The number of hydrogen-bond donors (Lipinski definition) is 0. The molecule has 1 aliphatic rings. The number of nitrogens with zero attached hydrogens (tertiary/aromatic N) is 4. The van der Waals surface area contributed by atoms with E-state index in [0.29, 0.717) is 33.1 Å². The molecule has 35 heavy (non-hydrogen) atoms. The van der Waals surface area contributed by atoms with Gasteiger partial charge in [-0.1, -0.05) is 29.8 Å². The largest absolute Gasteiger partial charge is 0.453 e. The topological polar surface area (TPSA) is 63.6 Å². The van der Waals surface area contributed by atoms with Crippen molar-refractivity contribution < 1.29 is 4.42 Å². The summed E-state index contributed by atoms with van der Waals surface area (Å²) in [4.78, 5) is 20.6. The maximum Gasteiger partial charge on any atom is 0.282 e. The summed E-state index contributed by atoms with van der Waals surface area (Å²) >= 11 is 6.15. The molecular weight excluding hydrogens is 460 g/mol. The number of furan rings is 1. The molecule has 1 aliphatic heterocycles. The summed E-state index contributed by atoms with van der Waals surface area (Å²) in [7, 11) is 0. The van der Waals surface area contributed by atoms with Crippen molar-refractivity contribution in [3.63, 3.8) is 0 Å². The molecule has 0 N–H and O–H groups in total. The highest BCUT2D eigenvalue weighted by Crippen LogP contribution is 2.29. The van der Waals surface area contributed by atoms with Crippen molar-refractivity contribution in [3.8, 4) is 11.6 Å². The maximum absolute atomic E-state index is 13.4. The van der Waals surface area contributed by atoms with Crippen molar-refractivity contribution in [1.82, 2.24) is 9.66 Å². The Morgan fingerprint density at radius 3 is 2.69 bits per heavy atom. The number of fused-ring (bicyclic) bond motifs is 2. The predicted molar refractivity (Wildman–Crippen MR) is 142 cm³/mol. The van der Waals surface area contributed by atoms with Gasteiger partial charge in [-0.2, -0.15) is 9.78 Å². The molecule has 6 nitrogen and oxygen atoms in total. The van der Waals surface area contributed by atoms with Gasteiger partial charge in [-0.3, -0.25) is 4.79 Å². The number of hydrogen-bond acceptors (Lipinski definition) is 5. The van der Waals surface area contributed by atoms with E-state index in [0.717, 1.165) is 24.0 Å². The average molecular weight is 483 g/mol. The zero-order valence-electron chi connectivity index (χ0n) is 19.2. The van der Waals surface area contributed by atoms with E-state index in [9.17, 15) is 4.79 Å². The van der Waals surface area contributed by atoms with Crippen LogP contribution in [-0.2, 0) is 0 Å². The normalized spacial score (nSPS) is 14.1. The molecule has 0 spiro atoms. The fourth-order valence-corrected chi connectivity index (χ4v) is 4.89. The van der Waals surface area contributed by atoms with Crippen LogP contribution in [0.3, 0.4) is 0 Å². The van der Waals surface area contributed by atoms with Gasteiger partial charge in [0.2, 0.25) is 5.82 Å². The molecule has 6 rings (SSSR count). The zero-order valence-corrected chi connectivity index (χ0v) is 20.0. The van der Waals surface area contributed by atoms with Gasteiger partial charge in [0.25, 0.3) is 5.56 Å². The van der Waals surface area contributed by atoms with Crippen LogP contribution in [0.25, 0.3) is 33.5 Å². The van der Waals surface area contributed by atoms with Gasteiger partial charge < -0.3 is 9.32 Å². The first-order valence-corrected chi connectivity index (χ1v) is 12.1. The zero-order chi connectivity index (χ0) is 23.9. The Bertz CT molecular complexity index is 1660. The van der Waals surface area contributed by atoms with Crippen LogP contribution >= 0.6 is 11.6 Å². The Kier molecular flexibility index (Phi) is 5.38. The van der Waals surface area contributed by atoms with Crippen molar-refractivity contribution in [2.45, 2.75) is 19.8 Å². The Balaban J connectivity index is 1.46. The molecule has 0 radical (unpaired) electrons. The number of benzene rings is 3. The number of aryl methyl sites for hydroxylation is 1. The molecule has 7 heteroatoms. The molecule has 2 aromatic heterocycles.